The maximum atomic E-state index is 10.7. The monoisotopic (exact) mass is 204 g/mol. The molecule has 0 aromatic heterocycles. The van der Waals surface area contributed by atoms with Gasteiger partial charge in [-0.05, 0) is 12.0 Å². The van der Waals surface area contributed by atoms with Crippen LogP contribution in [0.2, 0.25) is 0 Å². The minimum atomic E-state index is 0.670. The third-order valence-electron chi connectivity index (χ3n) is 2.58. The second kappa shape index (κ2) is 4.94. The van der Waals surface area contributed by atoms with Crippen LogP contribution < -0.4 is 0 Å². The molecule has 1 aliphatic carbocycles. The highest BCUT2D eigenvalue weighted by Gasteiger charge is 2.11. The molecule has 15 heavy (non-hydrogen) atoms. The first-order valence-corrected chi connectivity index (χ1v) is 5.18. The number of morpholine rings is 1. The van der Waals surface area contributed by atoms with Gasteiger partial charge in [0.2, 0.25) is 6.29 Å². The van der Waals surface area contributed by atoms with E-state index in [4.69, 9.17) is 4.74 Å². The van der Waals surface area contributed by atoms with Crippen molar-refractivity contribution in [3.8, 4) is 0 Å². The Morgan fingerprint density at radius 1 is 1.40 bits per heavy atom. The fourth-order valence-corrected chi connectivity index (χ4v) is 1.73. The second-order valence-electron chi connectivity index (χ2n) is 3.62. The summed E-state index contributed by atoms with van der Waals surface area (Å²) in [5, 5.41) is 0. The number of hydrogen-bond donors (Lipinski definition) is 0. The minimum absolute atomic E-state index is 0.670. The fraction of sp³-hybridized carbons (Fsp3) is 0.417. The average Bonchev–Trinajstić information content (AvgIpc) is 2.31. The van der Waals surface area contributed by atoms with Crippen molar-refractivity contribution in [3.63, 3.8) is 0 Å². The molecule has 0 saturated carbocycles. The van der Waals surface area contributed by atoms with Crippen molar-refractivity contribution in [2.75, 3.05) is 26.3 Å². The van der Waals surface area contributed by atoms with Crippen LogP contribution in [0.5, 0.6) is 0 Å². The van der Waals surface area contributed by atoms with E-state index in [0.29, 0.717) is 5.57 Å². The smallest absolute Gasteiger partial charge is 0.233 e. The number of rotatable bonds is 2. The van der Waals surface area contributed by atoms with Crippen LogP contribution in [0.25, 0.3) is 0 Å². The average molecular weight is 204 g/mol. The molecule has 0 aromatic rings. The molecule has 79 valence electrons. The number of nitrogens with zero attached hydrogens (tertiary/aromatic N) is 1. The molecule has 2 aliphatic rings. The lowest BCUT2D eigenvalue weighted by Gasteiger charge is -2.26. The molecule has 0 aromatic carbocycles. The van der Waals surface area contributed by atoms with Gasteiger partial charge in [0, 0.05) is 24.9 Å². The quantitative estimate of drug-likeness (QED) is 0.677. The summed E-state index contributed by atoms with van der Waals surface area (Å²) in [6.07, 6.45) is 10.6. The van der Waals surface area contributed by atoms with Gasteiger partial charge in [-0.15, -0.1) is 0 Å². The summed E-state index contributed by atoms with van der Waals surface area (Å²) in [6.45, 7) is 3.34. The summed E-state index contributed by atoms with van der Waals surface area (Å²) in [5.41, 5.74) is 1.72. The summed E-state index contributed by atoms with van der Waals surface area (Å²) in [6, 6.07) is 0. The molecular weight excluding hydrogens is 190 g/mol. The molecule has 0 unspecified atom stereocenters. The molecule has 1 radical (unpaired) electrons. The molecule has 1 heterocycles. The Balaban J connectivity index is 2.08. The maximum absolute atomic E-state index is 10.7. The Bertz CT molecular complexity index is 323. The third kappa shape index (κ3) is 2.57. The molecule has 1 aliphatic heterocycles. The van der Waals surface area contributed by atoms with Gasteiger partial charge in [0.15, 0.2) is 0 Å². The van der Waals surface area contributed by atoms with Crippen molar-refractivity contribution in [3.05, 3.63) is 35.6 Å². The Hall–Kier alpha value is -1.35. The highest BCUT2D eigenvalue weighted by atomic mass is 16.5. The summed E-state index contributed by atoms with van der Waals surface area (Å²) in [4.78, 5) is 12.9. The highest BCUT2D eigenvalue weighted by Crippen LogP contribution is 2.18. The Labute approximate surface area is 89.7 Å². The number of ether oxygens (including phenoxy) is 1. The second-order valence-corrected chi connectivity index (χ2v) is 3.62. The van der Waals surface area contributed by atoms with Gasteiger partial charge in [0.25, 0.3) is 0 Å². The maximum Gasteiger partial charge on any atom is 0.233 e. The van der Waals surface area contributed by atoms with E-state index >= 15 is 0 Å². The number of hydrogen-bond acceptors (Lipinski definition) is 3. The molecule has 1 saturated heterocycles. The van der Waals surface area contributed by atoms with E-state index in [1.54, 1.807) is 0 Å². The zero-order valence-electron chi connectivity index (χ0n) is 8.61. The zero-order chi connectivity index (χ0) is 10.5. The first-order chi connectivity index (χ1) is 7.40. The molecule has 0 spiro atoms. The van der Waals surface area contributed by atoms with Gasteiger partial charge in [-0.1, -0.05) is 18.2 Å². The lowest BCUT2D eigenvalue weighted by Crippen LogP contribution is -2.32. The van der Waals surface area contributed by atoms with Gasteiger partial charge in [-0.3, -0.25) is 4.79 Å². The predicted octanol–water partition coefficient (Wildman–Crippen LogP) is 1.20. The van der Waals surface area contributed by atoms with Crippen LogP contribution >= 0.6 is 0 Å². The Kier molecular flexibility index (Phi) is 3.35. The Morgan fingerprint density at radius 3 is 2.93 bits per heavy atom. The van der Waals surface area contributed by atoms with Crippen LogP contribution in [0.3, 0.4) is 0 Å². The Morgan fingerprint density at radius 2 is 2.20 bits per heavy atom. The van der Waals surface area contributed by atoms with Crippen LogP contribution in [0.4, 0.5) is 0 Å². The third-order valence-corrected chi connectivity index (χ3v) is 2.58. The van der Waals surface area contributed by atoms with E-state index in [-0.39, 0.29) is 0 Å². The number of allylic oxidation sites excluding steroid dienone is 5. The van der Waals surface area contributed by atoms with Crippen molar-refractivity contribution >= 4 is 6.29 Å². The molecule has 3 heteroatoms. The van der Waals surface area contributed by atoms with Gasteiger partial charge in [-0.2, -0.15) is 0 Å². The minimum Gasteiger partial charge on any atom is -0.378 e. The van der Waals surface area contributed by atoms with E-state index in [9.17, 15) is 4.79 Å². The predicted molar refractivity (Wildman–Crippen MR) is 58.0 cm³/mol. The summed E-state index contributed by atoms with van der Waals surface area (Å²) in [7, 11) is 0. The normalized spacial score (nSPS) is 24.1. The van der Waals surface area contributed by atoms with Crippen LogP contribution in [0.15, 0.2) is 35.6 Å². The summed E-state index contributed by atoms with van der Waals surface area (Å²) < 4.78 is 5.27. The van der Waals surface area contributed by atoms with Crippen LogP contribution in [-0.4, -0.2) is 37.5 Å². The van der Waals surface area contributed by atoms with E-state index in [0.717, 1.165) is 38.3 Å². The molecule has 2 rings (SSSR count). The van der Waals surface area contributed by atoms with Gasteiger partial charge < -0.3 is 9.64 Å². The largest absolute Gasteiger partial charge is 0.378 e. The zero-order valence-corrected chi connectivity index (χ0v) is 8.61. The van der Waals surface area contributed by atoms with Gasteiger partial charge in [-0.25, -0.2) is 0 Å². The van der Waals surface area contributed by atoms with Crippen molar-refractivity contribution < 1.29 is 9.53 Å². The fourth-order valence-electron chi connectivity index (χ4n) is 1.73. The van der Waals surface area contributed by atoms with Crippen LogP contribution in [0, 0.1) is 0 Å². The van der Waals surface area contributed by atoms with Crippen molar-refractivity contribution in [1.29, 1.82) is 0 Å². The van der Waals surface area contributed by atoms with Crippen LogP contribution in [-0.2, 0) is 9.53 Å². The van der Waals surface area contributed by atoms with Crippen molar-refractivity contribution in [1.82, 2.24) is 4.90 Å². The summed E-state index contributed by atoms with van der Waals surface area (Å²) in [5.74, 6) is 0. The van der Waals surface area contributed by atoms with E-state index in [1.165, 1.54) is 0 Å². The van der Waals surface area contributed by atoms with Crippen molar-refractivity contribution in [2.24, 2.45) is 0 Å². The molecule has 0 N–H and O–H groups in total. The topological polar surface area (TPSA) is 29.5 Å². The summed E-state index contributed by atoms with van der Waals surface area (Å²) >= 11 is 0. The molecule has 0 bridgehead atoms. The molecule has 0 amide bonds. The van der Waals surface area contributed by atoms with Gasteiger partial charge in [0.05, 0.1) is 13.2 Å². The van der Waals surface area contributed by atoms with E-state index < -0.39 is 0 Å². The molecule has 3 nitrogen and oxygen atoms in total. The molecule has 0 atom stereocenters. The lowest BCUT2D eigenvalue weighted by molar-refractivity contribution is 0.0590. The van der Waals surface area contributed by atoms with E-state index in [1.807, 2.05) is 24.5 Å². The lowest BCUT2D eigenvalue weighted by atomic mass is 10.00. The SMILES string of the molecule is O=[C]C1=CC=CCC1=CN1CCOCC1. The van der Waals surface area contributed by atoms with Gasteiger partial charge >= 0.3 is 0 Å². The van der Waals surface area contributed by atoms with Crippen molar-refractivity contribution in [2.45, 2.75) is 6.42 Å². The van der Waals surface area contributed by atoms with Gasteiger partial charge in [0.1, 0.15) is 0 Å². The molecular formula is C12H14NO2. The standard InChI is InChI=1S/C12H14NO2/c14-10-12-4-2-1-3-11(12)9-13-5-7-15-8-6-13/h1-2,4,9H,3,5-8H2. The first-order valence-electron chi connectivity index (χ1n) is 5.18. The first kappa shape index (κ1) is 10.2. The van der Waals surface area contributed by atoms with Crippen LogP contribution in [0.1, 0.15) is 6.42 Å². The van der Waals surface area contributed by atoms with E-state index in [2.05, 4.69) is 11.1 Å². The molecule has 1 fully saturated rings. The number of carbonyl (C=O) groups excluding carboxylic acids is 1. The highest BCUT2D eigenvalue weighted by molar-refractivity contribution is 5.82.